The summed E-state index contributed by atoms with van der Waals surface area (Å²) in [5.41, 5.74) is 1.99. The third-order valence-electron chi connectivity index (χ3n) is 5.45. The van der Waals surface area contributed by atoms with Gasteiger partial charge in [0, 0.05) is 42.0 Å². The Balaban J connectivity index is 1.52. The van der Waals surface area contributed by atoms with Gasteiger partial charge in [0.2, 0.25) is 0 Å². The number of halogens is 1. The maximum atomic E-state index is 14.2. The summed E-state index contributed by atoms with van der Waals surface area (Å²) in [6.45, 7) is 1.23. The van der Waals surface area contributed by atoms with E-state index in [1.807, 2.05) is 19.0 Å². The van der Waals surface area contributed by atoms with Gasteiger partial charge in [-0.05, 0) is 56.6 Å². The molecular weight excluding hydrogens is 455 g/mol. The number of carbonyl (C=O) groups is 1. The lowest BCUT2D eigenvalue weighted by molar-refractivity contribution is 0.0730. The third kappa shape index (κ3) is 5.16. The van der Waals surface area contributed by atoms with Crippen LogP contribution >= 0.6 is 0 Å². The molecule has 1 aliphatic rings. The second kappa shape index (κ2) is 9.74. The molecule has 0 atom stereocenters. The topological polar surface area (TPSA) is 82.1 Å². The number of nitrogens with one attached hydrogen (secondary N) is 1. The molecule has 0 unspecified atom stereocenters. The predicted octanol–water partition coefficient (Wildman–Crippen LogP) is 3.59. The van der Waals surface area contributed by atoms with Gasteiger partial charge < -0.3 is 15.1 Å². The van der Waals surface area contributed by atoms with Crippen LogP contribution in [0, 0.1) is 5.82 Å². The summed E-state index contributed by atoms with van der Waals surface area (Å²) in [5, 5.41) is 3.03. The summed E-state index contributed by atoms with van der Waals surface area (Å²) >= 11 is 0. The highest BCUT2D eigenvalue weighted by molar-refractivity contribution is 7.90. The molecular formula is C25H25FN4O3S. The maximum absolute atomic E-state index is 14.2. The highest BCUT2D eigenvalue weighted by atomic mass is 32.2. The Labute approximate surface area is 198 Å². The van der Waals surface area contributed by atoms with Gasteiger partial charge in [0.05, 0.1) is 0 Å². The molecule has 0 fully saturated rings. The Morgan fingerprint density at radius 3 is 2.32 bits per heavy atom. The van der Waals surface area contributed by atoms with E-state index in [0.717, 1.165) is 0 Å². The lowest BCUT2D eigenvalue weighted by Crippen LogP contribution is -2.36. The summed E-state index contributed by atoms with van der Waals surface area (Å²) in [4.78, 5) is 17.0. The van der Waals surface area contributed by atoms with Crippen molar-refractivity contribution in [1.29, 1.82) is 0 Å². The number of amidine groups is 1. The standard InChI is InChI=1S/C25H25FN4O3S/c1-29(2)15-16-30(17-19-7-3-5-9-22(19)26)25(31)18-11-13-20(14-12-18)27-24-21-8-4-6-10-23(21)34(32,33)28-24/h3-14H,15-17H2,1-2H3,(H,27,28). The lowest BCUT2D eigenvalue weighted by atomic mass is 10.1. The molecule has 1 heterocycles. The fourth-order valence-electron chi connectivity index (χ4n) is 3.62. The second-order valence-electron chi connectivity index (χ2n) is 8.23. The molecule has 0 saturated heterocycles. The highest BCUT2D eigenvalue weighted by Gasteiger charge is 2.28. The van der Waals surface area contributed by atoms with Gasteiger partial charge >= 0.3 is 0 Å². The predicted molar refractivity (Wildman–Crippen MR) is 130 cm³/mol. The number of benzene rings is 3. The van der Waals surface area contributed by atoms with Crippen molar-refractivity contribution in [3.05, 3.63) is 95.3 Å². The van der Waals surface area contributed by atoms with Crippen molar-refractivity contribution in [3.8, 4) is 0 Å². The first-order valence-electron chi connectivity index (χ1n) is 10.7. The minimum absolute atomic E-state index is 0.158. The fourth-order valence-corrected chi connectivity index (χ4v) is 4.79. The van der Waals surface area contributed by atoms with Crippen LogP contribution in [-0.2, 0) is 16.6 Å². The summed E-state index contributed by atoms with van der Waals surface area (Å²) < 4.78 is 42.5. The van der Waals surface area contributed by atoms with Gasteiger partial charge in [0.1, 0.15) is 10.7 Å². The van der Waals surface area contributed by atoms with E-state index in [2.05, 4.69) is 9.71 Å². The average molecular weight is 481 g/mol. The zero-order valence-corrected chi connectivity index (χ0v) is 19.7. The quantitative estimate of drug-likeness (QED) is 0.559. The first-order valence-corrected chi connectivity index (χ1v) is 12.2. The molecule has 1 amide bonds. The molecule has 0 aliphatic carbocycles. The zero-order chi connectivity index (χ0) is 24.3. The van der Waals surface area contributed by atoms with Crippen LogP contribution in [0.1, 0.15) is 21.5 Å². The van der Waals surface area contributed by atoms with Crippen LogP contribution in [0.2, 0.25) is 0 Å². The van der Waals surface area contributed by atoms with Gasteiger partial charge in [-0.15, -0.1) is 4.40 Å². The molecule has 1 N–H and O–H groups in total. The summed E-state index contributed by atoms with van der Waals surface area (Å²) in [5.74, 6) is -0.332. The summed E-state index contributed by atoms with van der Waals surface area (Å²) in [6, 6.07) is 19.7. The highest BCUT2D eigenvalue weighted by Crippen LogP contribution is 2.27. The molecule has 9 heteroatoms. The van der Waals surface area contributed by atoms with Crippen molar-refractivity contribution in [2.45, 2.75) is 11.4 Å². The Kier molecular flexibility index (Phi) is 6.76. The van der Waals surface area contributed by atoms with Crippen molar-refractivity contribution in [2.24, 2.45) is 4.40 Å². The number of fused-ring (bicyclic) bond motifs is 1. The van der Waals surface area contributed by atoms with Crippen LogP contribution in [0.3, 0.4) is 0 Å². The molecule has 176 valence electrons. The maximum Gasteiger partial charge on any atom is 0.285 e. The van der Waals surface area contributed by atoms with Crippen LogP contribution in [0.25, 0.3) is 0 Å². The molecule has 1 aliphatic heterocycles. The van der Waals surface area contributed by atoms with Gasteiger partial charge in [0.15, 0.2) is 5.84 Å². The zero-order valence-electron chi connectivity index (χ0n) is 18.9. The first-order chi connectivity index (χ1) is 16.2. The number of carbonyl (C=O) groups excluding carboxylic acids is 1. The van der Waals surface area contributed by atoms with Crippen LogP contribution < -0.4 is 5.32 Å². The van der Waals surface area contributed by atoms with Crippen LogP contribution in [-0.4, -0.2) is 57.1 Å². The molecule has 4 rings (SSSR count). The minimum atomic E-state index is -3.72. The monoisotopic (exact) mass is 480 g/mol. The molecule has 34 heavy (non-hydrogen) atoms. The van der Waals surface area contributed by atoms with Crippen molar-refractivity contribution in [1.82, 2.24) is 9.80 Å². The van der Waals surface area contributed by atoms with Crippen molar-refractivity contribution in [2.75, 3.05) is 32.5 Å². The van der Waals surface area contributed by atoms with Gasteiger partial charge in [-0.1, -0.05) is 30.3 Å². The third-order valence-corrected chi connectivity index (χ3v) is 6.78. The lowest BCUT2D eigenvalue weighted by Gasteiger charge is -2.25. The summed E-state index contributed by atoms with van der Waals surface area (Å²) in [7, 11) is 0.102. The SMILES string of the molecule is CN(C)CCN(Cc1ccccc1F)C(=O)c1ccc(NC2=NS(=O)(=O)c3ccccc32)cc1. The van der Waals surface area contributed by atoms with E-state index in [1.165, 1.54) is 12.1 Å². The molecule has 3 aromatic carbocycles. The number of rotatable bonds is 7. The van der Waals surface area contributed by atoms with Gasteiger partial charge in [-0.2, -0.15) is 8.42 Å². The Morgan fingerprint density at radius 1 is 0.941 bits per heavy atom. The van der Waals surface area contributed by atoms with Gasteiger partial charge in [-0.25, -0.2) is 4.39 Å². The van der Waals surface area contributed by atoms with Crippen molar-refractivity contribution < 1.29 is 17.6 Å². The number of amides is 1. The van der Waals surface area contributed by atoms with Crippen LogP contribution in [0.4, 0.5) is 10.1 Å². The van der Waals surface area contributed by atoms with E-state index in [0.29, 0.717) is 35.5 Å². The van der Waals surface area contributed by atoms with Gasteiger partial charge in [-0.3, -0.25) is 4.79 Å². The normalized spacial score (nSPS) is 13.9. The van der Waals surface area contributed by atoms with Crippen LogP contribution in [0.15, 0.2) is 82.1 Å². The molecule has 7 nitrogen and oxygen atoms in total. The largest absolute Gasteiger partial charge is 0.339 e. The molecule has 3 aromatic rings. The van der Waals surface area contributed by atoms with E-state index in [4.69, 9.17) is 0 Å². The number of sulfonamides is 1. The molecule has 0 spiro atoms. The average Bonchev–Trinajstić information content (AvgIpc) is 3.07. The number of nitrogens with zero attached hydrogens (tertiary/aromatic N) is 3. The first kappa shape index (κ1) is 23.6. The number of anilines is 1. The number of hydrogen-bond acceptors (Lipinski definition) is 5. The number of hydrogen-bond donors (Lipinski definition) is 1. The fraction of sp³-hybridized carbons (Fsp3) is 0.200. The molecule has 0 bridgehead atoms. The Bertz CT molecular complexity index is 1340. The van der Waals surface area contributed by atoms with Crippen molar-refractivity contribution >= 4 is 27.5 Å². The second-order valence-corrected chi connectivity index (χ2v) is 9.81. The van der Waals surface area contributed by atoms with Crippen LogP contribution in [0.5, 0.6) is 0 Å². The van der Waals surface area contributed by atoms with Crippen molar-refractivity contribution in [3.63, 3.8) is 0 Å². The van der Waals surface area contributed by atoms with E-state index >= 15 is 0 Å². The molecule has 0 aromatic heterocycles. The Morgan fingerprint density at radius 2 is 1.62 bits per heavy atom. The molecule has 0 radical (unpaired) electrons. The minimum Gasteiger partial charge on any atom is -0.339 e. The number of likely N-dealkylation sites (N-methyl/N-ethyl adjacent to an activating group) is 1. The molecule has 0 saturated carbocycles. The van der Waals surface area contributed by atoms with E-state index in [-0.39, 0.29) is 29.0 Å². The Hall–Kier alpha value is -3.56. The summed E-state index contributed by atoms with van der Waals surface area (Å²) in [6.07, 6.45) is 0. The smallest absolute Gasteiger partial charge is 0.285 e. The van der Waals surface area contributed by atoms with E-state index < -0.39 is 10.0 Å². The van der Waals surface area contributed by atoms with E-state index in [9.17, 15) is 17.6 Å². The van der Waals surface area contributed by atoms with E-state index in [1.54, 1.807) is 65.6 Å². The van der Waals surface area contributed by atoms with Gasteiger partial charge in [0.25, 0.3) is 15.9 Å².